The van der Waals surface area contributed by atoms with Gasteiger partial charge in [-0.15, -0.1) is 0 Å². The van der Waals surface area contributed by atoms with Crippen LogP contribution in [-0.4, -0.2) is 0 Å². The van der Waals surface area contributed by atoms with E-state index in [0.29, 0.717) is 0 Å². The molecule has 0 saturated heterocycles. The van der Waals surface area contributed by atoms with Crippen LogP contribution in [0.15, 0.2) is 176 Å². The van der Waals surface area contributed by atoms with Gasteiger partial charge in [-0.25, -0.2) is 0 Å². The summed E-state index contributed by atoms with van der Waals surface area (Å²) in [7, 11) is 0. The lowest BCUT2D eigenvalue weighted by atomic mass is 9.68. The average molecular weight is 564 g/mol. The van der Waals surface area contributed by atoms with Gasteiger partial charge in [0.05, 0.1) is 5.41 Å². The second kappa shape index (κ2) is 11.0. The molecule has 8 rings (SSSR count). The van der Waals surface area contributed by atoms with E-state index < -0.39 is 5.41 Å². The Morgan fingerprint density at radius 2 is 0.955 bits per heavy atom. The van der Waals surface area contributed by atoms with Crippen molar-refractivity contribution < 1.29 is 0 Å². The lowest BCUT2D eigenvalue weighted by molar-refractivity contribution is 0.768. The monoisotopic (exact) mass is 563 g/mol. The predicted octanol–water partition coefficient (Wildman–Crippen LogP) is 11.3. The first-order chi connectivity index (χ1) is 21.8. The van der Waals surface area contributed by atoms with Gasteiger partial charge in [-0.05, 0) is 93.8 Å². The van der Waals surface area contributed by atoms with E-state index in [4.69, 9.17) is 0 Å². The summed E-state index contributed by atoms with van der Waals surface area (Å²) in [6.45, 7) is 0. The van der Waals surface area contributed by atoms with Crippen LogP contribution in [0.25, 0.3) is 16.7 Å². The Morgan fingerprint density at radius 3 is 1.55 bits per heavy atom. The van der Waals surface area contributed by atoms with Crippen LogP contribution in [-0.2, 0) is 5.41 Å². The van der Waals surface area contributed by atoms with Crippen LogP contribution >= 0.6 is 0 Å². The van der Waals surface area contributed by atoms with Crippen molar-refractivity contribution in [2.24, 2.45) is 0 Å². The zero-order chi connectivity index (χ0) is 29.3. The number of rotatable bonds is 6. The van der Waals surface area contributed by atoms with Gasteiger partial charge in [0.1, 0.15) is 0 Å². The number of hydrogen-bond donors (Lipinski definition) is 0. The van der Waals surface area contributed by atoms with E-state index in [1.54, 1.807) is 0 Å². The van der Waals surface area contributed by atoms with Gasteiger partial charge in [0.25, 0.3) is 0 Å². The van der Waals surface area contributed by atoms with Crippen molar-refractivity contribution in [3.8, 4) is 11.1 Å². The van der Waals surface area contributed by atoms with Crippen molar-refractivity contribution in [1.82, 2.24) is 0 Å². The predicted molar refractivity (Wildman–Crippen MR) is 185 cm³/mol. The van der Waals surface area contributed by atoms with E-state index in [1.807, 2.05) is 0 Å². The van der Waals surface area contributed by atoms with Gasteiger partial charge < -0.3 is 4.90 Å². The minimum absolute atomic E-state index is 0.394. The van der Waals surface area contributed by atoms with Crippen LogP contribution in [0.3, 0.4) is 0 Å². The molecule has 0 heterocycles. The number of benzene rings is 6. The largest absolute Gasteiger partial charge is 0.311 e. The zero-order valence-electron chi connectivity index (χ0n) is 24.6. The topological polar surface area (TPSA) is 3.24 Å². The highest BCUT2D eigenvalue weighted by Crippen LogP contribution is 2.56. The van der Waals surface area contributed by atoms with Gasteiger partial charge in [-0.2, -0.15) is 0 Å². The molecule has 0 atom stereocenters. The Kier molecular flexibility index (Phi) is 6.57. The summed E-state index contributed by atoms with van der Waals surface area (Å²) in [6, 6.07) is 57.8. The average Bonchev–Trinajstić information content (AvgIpc) is 3.41. The number of hydrogen-bond acceptors (Lipinski definition) is 1. The van der Waals surface area contributed by atoms with Crippen molar-refractivity contribution >= 4 is 22.6 Å². The maximum Gasteiger partial charge on any atom is 0.0713 e. The van der Waals surface area contributed by atoms with Gasteiger partial charge in [-0.1, -0.05) is 140 Å². The highest BCUT2D eigenvalue weighted by atomic mass is 15.1. The number of allylic oxidation sites excluding steroid dienone is 4. The molecule has 0 N–H and O–H groups in total. The Bertz CT molecular complexity index is 1940. The fraction of sp³-hybridized carbons (Fsp3) is 0.0698. The second-order valence-electron chi connectivity index (χ2n) is 11.6. The van der Waals surface area contributed by atoms with Crippen molar-refractivity contribution in [2.45, 2.75) is 18.3 Å². The van der Waals surface area contributed by atoms with Crippen LogP contribution in [0.1, 0.15) is 40.7 Å². The summed E-state index contributed by atoms with van der Waals surface area (Å²) in [5.74, 6) is 0. The molecule has 2 aliphatic carbocycles. The van der Waals surface area contributed by atoms with E-state index in [0.717, 1.165) is 29.9 Å². The number of fused-ring (bicyclic) bond motifs is 3. The summed E-state index contributed by atoms with van der Waals surface area (Å²) in [5.41, 5.74) is 13.6. The van der Waals surface area contributed by atoms with E-state index in [9.17, 15) is 0 Å². The van der Waals surface area contributed by atoms with Gasteiger partial charge in [0.15, 0.2) is 0 Å². The molecule has 0 spiro atoms. The number of para-hydroxylation sites is 1. The van der Waals surface area contributed by atoms with Crippen LogP contribution in [0, 0.1) is 0 Å². The SMILES string of the molecule is C1=CCCC(c2ccc(N(c3ccccc3)c3ccc(C4(c5ccccc5)c5ccccc5-c5ccccc54)cc3)cc2)=C1. The zero-order valence-corrected chi connectivity index (χ0v) is 24.6. The first-order valence-electron chi connectivity index (χ1n) is 15.5. The van der Waals surface area contributed by atoms with Crippen molar-refractivity contribution in [3.05, 3.63) is 204 Å². The minimum atomic E-state index is -0.394. The fourth-order valence-corrected chi connectivity index (χ4v) is 7.26. The highest BCUT2D eigenvalue weighted by molar-refractivity contribution is 5.87. The molecule has 0 aliphatic heterocycles. The smallest absolute Gasteiger partial charge is 0.0713 e. The summed E-state index contributed by atoms with van der Waals surface area (Å²) >= 11 is 0. The number of anilines is 3. The first-order valence-corrected chi connectivity index (χ1v) is 15.5. The first kappa shape index (κ1) is 26.2. The highest BCUT2D eigenvalue weighted by Gasteiger charge is 2.45. The van der Waals surface area contributed by atoms with Crippen LogP contribution in [0.2, 0.25) is 0 Å². The van der Waals surface area contributed by atoms with Crippen LogP contribution < -0.4 is 4.90 Å². The lowest BCUT2D eigenvalue weighted by Crippen LogP contribution is -2.28. The van der Waals surface area contributed by atoms with Gasteiger partial charge in [0, 0.05) is 17.1 Å². The van der Waals surface area contributed by atoms with E-state index in [1.165, 1.54) is 44.5 Å². The third-order valence-corrected chi connectivity index (χ3v) is 9.24. The Balaban J connectivity index is 1.27. The molecule has 0 aromatic heterocycles. The molecule has 0 unspecified atom stereocenters. The molecular formula is C43H33N. The standard InChI is InChI=1S/C43H33N/c1-4-14-32(15-5-1)33-24-28-37(29-25-33)44(36-18-8-3-9-19-36)38-30-26-35(27-31-38)43(34-16-6-2-7-17-34)41-22-12-10-20-39(41)40-21-11-13-23-42(40)43/h1-4,6-14,16-31H,5,15H2. The van der Waals surface area contributed by atoms with Gasteiger partial charge >= 0.3 is 0 Å². The Morgan fingerprint density at radius 1 is 0.455 bits per heavy atom. The van der Waals surface area contributed by atoms with Crippen LogP contribution in [0.5, 0.6) is 0 Å². The Hall–Kier alpha value is -5.40. The molecule has 0 fully saturated rings. The van der Waals surface area contributed by atoms with Crippen molar-refractivity contribution in [1.29, 1.82) is 0 Å². The molecule has 2 aliphatic rings. The normalized spacial score (nSPS) is 14.4. The maximum atomic E-state index is 2.36. The minimum Gasteiger partial charge on any atom is -0.311 e. The van der Waals surface area contributed by atoms with Gasteiger partial charge in [0.2, 0.25) is 0 Å². The molecule has 0 radical (unpaired) electrons. The van der Waals surface area contributed by atoms with Crippen LogP contribution in [0.4, 0.5) is 17.1 Å². The molecule has 6 aromatic rings. The van der Waals surface area contributed by atoms with Crippen molar-refractivity contribution in [2.75, 3.05) is 4.90 Å². The van der Waals surface area contributed by atoms with Crippen molar-refractivity contribution in [3.63, 3.8) is 0 Å². The molecule has 0 bridgehead atoms. The Labute approximate surface area is 260 Å². The van der Waals surface area contributed by atoms with E-state index >= 15 is 0 Å². The molecule has 0 amide bonds. The molecule has 210 valence electrons. The lowest BCUT2D eigenvalue weighted by Gasteiger charge is -2.34. The summed E-state index contributed by atoms with van der Waals surface area (Å²) in [5, 5.41) is 0. The van der Waals surface area contributed by atoms with Gasteiger partial charge in [-0.3, -0.25) is 0 Å². The third-order valence-electron chi connectivity index (χ3n) is 9.24. The quantitative estimate of drug-likeness (QED) is 0.194. The second-order valence-corrected chi connectivity index (χ2v) is 11.6. The fourth-order valence-electron chi connectivity index (χ4n) is 7.26. The molecule has 44 heavy (non-hydrogen) atoms. The maximum absolute atomic E-state index is 2.36. The third kappa shape index (κ3) is 4.24. The molecule has 6 aromatic carbocycles. The summed E-state index contributed by atoms with van der Waals surface area (Å²) in [6.07, 6.45) is 8.86. The summed E-state index contributed by atoms with van der Waals surface area (Å²) in [4.78, 5) is 2.36. The molecular weight excluding hydrogens is 530 g/mol. The molecule has 1 nitrogen and oxygen atoms in total. The summed E-state index contributed by atoms with van der Waals surface area (Å²) < 4.78 is 0. The molecule has 0 saturated carbocycles. The molecule has 1 heteroatoms. The number of nitrogens with zero attached hydrogens (tertiary/aromatic N) is 1. The van der Waals surface area contributed by atoms with E-state index in [-0.39, 0.29) is 0 Å². The van der Waals surface area contributed by atoms with E-state index in [2.05, 4.69) is 181 Å².